The number of anilines is 2. The molecule has 0 spiro atoms. The van der Waals surface area contributed by atoms with Crippen LogP contribution >= 0.6 is 11.6 Å². The van der Waals surface area contributed by atoms with Crippen molar-refractivity contribution in [2.24, 2.45) is 0 Å². The summed E-state index contributed by atoms with van der Waals surface area (Å²) in [6.07, 6.45) is 2.06. The lowest BCUT2D eigenvalue weighted by Gasteiger charge is -2.40. The van der Waals surface area contributed by atoms with Crippen LogP contribution in [0.3, 0.4) is 0 Å². The quantitative estimate of drug-likeness (QED) is 0.812. The third kappa shape index (κ3) is 2.63. The Morgan fingerprint density at radius 1 is 1.23 bits per heavy atom. The number of carbonyl (C=O) groups is 2. The summed E-state index contributed by atoms with van der Waals surface area (Å²) in [6.45, 7) is 0.797. The van der Waals surface area contributed by atoms with E-state index in [1.807, 2.05) is 30.1 Å². The lowest BCUT2D eigenvalue weighted by atomic mass is 10.0. The van der Waals surface area contributed by atoms with Crippen LogP contribution in [0.4, 0.5) is 11.4 Å². The van der Waals surface area contributed by atoms with Crippen molar-refractivity contribution < 1.29 is 9.59 Å². The third-order valence-corrected chi connectivity index (χ3v) is 5.52. The molecule has 0 aromatic heterocycles. The van der Waals surface area contributed by atoms with Gasteiger partial charge in [0, 0.05) is 36.9 Å². The second-order valence-corrected chi connectivity index (χ2v) is 7.24. The van der Waals surface area contributed by atoms with Crippen molar-refractivity contribution in [2.45, 2.75) is 19.0 Å². The molecule has 2 aliphatic rings. The summed E-state index contributed by atoms with van der Waals surface area (Å²) in [5, 5.41) is 0.583. The molecule has 0 radical (unpaired) electrons. The molecule has 26 heavy (non-hydrogen) atoms. The zero-order valence-electron chi connectivity index (χ0n) is 14.8. The molecular formula is C20H20ClN3O2. The van der Waals surface area contributed by atoms with Crippen molar-refractivity contribution in [3.8, 4) is 0 Å². The Balaban J connectivity index is 1.68. The molecule has 1 atom stereocenters. The Kier molecular flexibility index (Phi) is 4.11. The molecule has 0 unspecified atom stereocenters. The lowest BCUT2D eigenvalue weighted by Crippen LogP contribution is -2.50. The predicted molar refractivity (Wildman–Crippen MR) is 103 cm³/mol. The number of carbonyl (C=O) groups excluding carboxylic acids is 2. The minimum Gasteiger partial charge on any atom is -0.354 e. The zero-order chi connectivity index (χ0) is 18.4. The van der Waals surface area contributed by atoms with E-state index in [2.05, 4.69) is 4.90 Å². The van der Waals surface area contributed by atoms with E-state index in [0.717, 1.165) is 30.8 Å². The molecule has 5 nitrogen and oxygen atoms in total. The standard InChI is InChI=1S/C20H20ClN3O2/c1-22(15-6-3-5-14(21)12-15)19(25)13-8-9-16-17(11-13)23(2)18-7-4-10-24(18)20(16)26/h3,5-6,8-9,11-12,18H,4,7,10H2,1-2H3/t18-/m0/s1. The fraction of sp³-hybridized carbons (Fsp3) is 0.300. The van der Waals surface area contributed by atoms with Crippen LogP contribution < -0.4 is 9.80 Å². The summed E-state index contributed by atoms with van der Waals surface area (Å²) in [6, 6.07) is 12.5. The average molecular weight is 370 g/mol. The van der Waals surface area contributed by atoms with Crippen LogP contribution in [0.15, 0.2) is 42.5 Å². The highest BCUT2D eigenvalue weighted by Gasteiger charge is 2.38. The Morgan fingerprint density at radius 3 is 2.81 bits per heavy atom. The van der Waals surface area contributed by atoms with Crippen LogP contribution in [-0.4, -0.2) is 43.5 Å². The topological polar surface area (TPSA) is 43.9 Å². The molecule has 2 amide bonds. The van der Waals surface area contributed by atoms with Gasteiger partial charge in [-0.3, -0.25) is 9.59 Å². The van der Waals surface area contributed by atoms with E-state index in [1.54, 1.807) is 36.2 Å². The minimum atomic E-state index is -0.134. The molecule has 2 aromatic carbocycles. The number of benzene rings is 2. The maximum absolute atomic E-state index is 12.9. The van der Waals surface area contributed by atoms with Gasteiger partial charge in [-0.05, 0) is 49.2 Å². The number of halogens is 1. The van der Waals surface area contributed by atoms with Crippen molar-refractivity contribution in [2.75, 3.05) is 30.4 Å². The van der Waals surface area contributed by atoms with E-state index in [9.17, 15) is 9.59 Å². The predicted octanol–water partition coefficient (Wildman–Crippen LogP) is 3.63. The number of amides is 2. The molecule has 2 heterocycles. The molecule has 2 aromatic rings. The average Bonchev–Trinajstić information content (AvgIpc) is 3.15. The number of fused-ring (bicyclic) bond motifs is 2. The molecule has 134 valence electrons. The van der Waals surface area contributed by atoms with E-state index < -0.39 is 0 Å². The van der Waals surface area contributed by atoms with Crippen LogP contribution in [0.5, 0.6) is 0 Å². The highest BCUT2D eigenvalue weighted by atomic mass is 35.5. The molecule has 2 aliphatic heterocycles. The maximum Gasteiger partial charge on any atom is 0.258 e. The molecular weight excluding hydrogens is 350 g/mol. The Bertz CT molecular complexity index is 898. The molecule has 0 bridgehead atoms. The van der Waals surface area contributed by atoms with Gasteiger partial charge in [0.2, 0.25) is 0 Å². The molecule has 0 N–H and O–H groups in total. The first-order valence-corrected chi connectivity index (χ1v) is 9.06. The SMILES string of the molecule is CN(C(=O)c1ccc2c(c1)N(C)[C@@H]1CCCN1C2=O)c1cccc(Cl)c1. The van der Waals surface area contributed by atoms with Crippen molar-refractivity contribution in [1.82, 2.24) is 4.90 Å². The van der Waals surface area contributed by atoms with E-state index >= 15 is 0 Å². The molecule has 1 fully saturated rings. The molecule has 6 heteroatoms. The van der Waals surface area contributed by atoms with E-state index in [0.29, 0.717) is 16.1 Å². The summed E-state index contributed by atoms with van der Waals surface area (Å²) in [5.74, 6) is -0.0763. The van der Waals surface area contributed by atoms with Gasteiger partial charge in [-0.2, -0.15) is 0 Å². The molecule has 0 aliphatic carbocycles. The van der Waals surface area contributed by atoms with Gasteiger partial charge in [0.05, 0.1) is 11.3 Å². The summed E-state index contributed by atoms with van der Waals surface area (Å²) < 4.78 is 0. The van der Waals surface area contributed by atoms with Crippen molar-refractivity contribution in [1.29, 1.82) is 0 Å². The summed E-state index contributed by atoms with van der Waals surface area (Å²) in [7, 11) is 3.71. The van der Waals surface area contributed by atoms with Gasteiger partial charge in [0.15, 0.2) is 0 Å². The van der Waals surface area contributed by atoms with Crippen molar-refractivity contribution in [3.05, 3.63) is 58.6 Å². The van der Waals surface area contributed by atoms with Gasteiger partial charge < -0.3 is 14.7 Å². The Labute approximate surface area is 157 Å². The van der Waals surface area contributed by atoms with Crippen LogP contribution in [-0.2, 0) is 0 Å². The first kappa shape index (κ1) is 16.9. The first-order valence-electron chi connectivity index (χ1n) is 8.69. The van der Waals surface area contributed by atoms with Crippen molar-refractivity contribution in [3.63, 3.8) is 0 Å². The van der Waals surface area contributed by atoms with E-state index in [4.69, 9.17) is 11.6 Å². The molecule has 4 rings (SSSR count). The highest BCUT2D eigenvalue weighted by molar-refractivity contribution is 6.31. The van der Waals surface area contributed by atoms with E-state index in [1.165, 1.54) is 0 Å². The van der Waals surface area contributed by atoms with Crippen molar-refractivity contribution >= 4 is 34.8 Å². The first-order chi connectivity index (χ1) is 12.5. The third-order valence-electron chi connectivity index (χ3n) is 5.28. The van der Waals surface area contributed by atoms with Gasteiger partial charge in [-0.15, -0.1) is 0 Å². The summed E-state index contributed by atoms with van der Waals surface area (Å²) in [5.41, 5.74) is 2.76. The fourth-order valence-corrected chi connectivity index (χ4v) is 4.02. The monoisotopic (exact) mass is 369 g/mol. The lowest BCUT2D eigenvalue weighted by molar-refractivity contribution is 0.0719. The van der Waals surface area contributed by atoms with Gasteiger partial charge >= 0.3 is 0 Å². The number of hydrogen-bond acceptors (Lipinski definition) is 3. The summed E-state index contributed by atoms with van der Waals surface area (Å²) >= 11 is 6.03. The second kappa shape index (κ2) is 6.32. The fourth-order valence-electron chi connectivity index (χ4n) is 3.84. The Morgan fingerprint density at radius 2 is 2.04 bits per heavy atom. The second-order valence-electron chi connectivity index (χ2n) is 6.81. The largest absolute Gasteiger partial charge is 0.354 e. The van der Waals surface area contributed by atoms with Crippen LogP contribution in [0.2, 0.25) is 5.02 Å². The number of rotatable bonds is 2. The summed E-state index contributed by atoms with van der Waals surface area (Å²) in [4.78, 5) is 31.2. The van der Waals surface area contributed by atoms with Crippen LogP contribution in [0, 0.1) is 0 Å². The van der Waals surface area contributed by atoms with Gasteiger partial charge in [-0.25, -0.2) is 0 Å². The number of hydrogen-bond donors (Lipinski definition) is 0. The van der Waals surface area contributed by atoms with Crippen LogP contribution in [0.1, 0.15) is 33.6 Å². The smallest absolute Gasteiger partial charge is 0.258 e. The highest BCUT2D eigenvalue weighted by Crippen LogP contribution is 2.35. The minimum absolute atomic E-state index is 0.0581. The van der Waals surface area contributed by atoms with Gasteiger partial charge in [-0.1, -0.05) is 17.7 Å². The molecule has 1 saturated heterocycles. The maximum atomic E-state index is 12.9. The Hall–Kier alpha value is -2.53. The van der Waals surface area contributed by atoms with Gasteiger partial charge in [0.1, 0.15) is 6.17 Å². The number of nitrogens with zero attached hydrogens (tertiary/aromatic N) is 3. The molecule has 0 saturated carbocycles. The zero-order valence-corrected chi connectivity index (χ0v) is 15.5. The normalized spacial score (nSPS) is 18.6. The van der Waals surface area contributed by atoms with E-state index in [-0.39, 0.29) is 18.0 Å². The van der Waals surface area contributed by atoms with Crippen LogP contribution in [0.25, 0.3) is 0 Å². The van der Waals surface area contributed by atoms with Gasteiger partial charge in [0.25, 0.3) is 11.8 Å².